The van der Waals surface area contributed by atoms with Crippen LogP contribution in [0.2, 0.25) is 0 Å². The zero-order valence-corrected chi connectivity index (χ0v) is 12.4. The zero-order chi connectivity index (χ0) is 15.6. The van der Waals surface area contributed by atoms with Crippen molar-refractivity contribution < 1.29 is 14.6 Å². The minimum Gasteiger partial charge on any atom is -0.394 e. The molecule has 0 unspecified atom stereocenters. The van der Waals surface area contributed by atoms with Gasteiger partial charge in [0.25, 0.3) is 0 Å². The number of hydrogen-bond acceptors (Lipinski definition) is 5. The van der Waals surface area contributed by atoms with Gasteiger partial charge in [-0.3, -0.25) is 0 Å². The number of aliphatic hydroxyl groups is 1. The van der Waals surface area contributed by atoms with Gasteiger partial charge in [-0.25, -0.2) is 0 Å². The number of H-pyrrole nitrogens is 1. The van der Waals surface area contributed by atoms with Crippen molar-refractivity contribution in [3.63, 3.8) is 0 Å². The third-order valence-corrected chi connectivity index (χ3v) is 4.18. The summed E-state index contributed by atoms with van der Waals surface area (Å²) >= 11 is 0. The summed E-state index contributed by atoms with van der Waals surface area (Å²) in [5.74, 6) is 0. The first kappa shape index (κ1) is 15.0. The number of nitrogens with zero attached hydrogens (tertiary/aromatic N) is 1. The van der Waals surface area contributed by atoms with Crippen molar-refractivity contribution in [2.24, 2.45) is 5.73 Å². The van der Waals surface area contributed by atoms with Crippen molar-refractivity contribution in [1.29, 1.82) is 0 Å². The molecule has 4 N–H and O–H groups in total. The number of benzene rings is 1. The maximum Gasteiger partial charge on any atom is 0.142 e. The van der Waals surface area contributed by atoms with E-state index in [0.29, 0.717) is 12.7 Å². The van der Waals surface area contributed by atoms with Gasteiger partial charge < -0.3 is 30.3 Å². The standard InChI is InChI=1S/C16H21N3O3/c17-16(10-20,11-21)8-12-9-18-15-13(12)2-1-3-14(15)19-4-6-22-7-5-19/h1-3,9-10,18,21H,4-8,11,17H2/t16-/m0/s1. The summed E-state index contributed by atoms with van der Waals surface area (Å²) in [7, 11) is 0. The van der Waals surface area contributed by atoms with E-state index >= 15 is 0 Å². The Hall–Kier alpha value is -1.89. The second-order valence-corrected chi connectivity index (χ2v) is 5.80. The number of aldehydes is 1. The van der Waals surface area contributed by atoms with Crippen molar-refractivity contribution in [3.05, 3.63) is 30.0 Å². The van der Waals surface area contributed by atoms with Gasteiger partial charge >= 0.3 is 0 Å². The number of hydrogen-bond donors (Lipinski definition) is 3. The average Bonchev–Trinajstić information content (AvgIpc) is 2.98. The molecule has 0 radical (unpaired) electrons. The summed E-state index contributed by atoms with van der Waals surface area (Å²) in [6.45, 7) is 2.81. The number of aromatic amines is 1. The first-order chi connectivity index (χ1) is 10.7. The lowest BCUT2D eigenvalue weighted by atomic mass is 9.94. The highest BCUT2D eigenvalue weighted by Gasteiger charge is 2.25. The first-order valence-corrected chi connectivity index (χ1v) is 7.44. The topological polar surface area (TPSA) is 91.6 Å². The summed E-state index contributed by atoms with van der Waals surface area (Å²) in [5, 5.41) is 10.4. The number of para-hydroxylation sites is 1. The number of nitrogens with one attached hydrogen (secondary N) is 1. The molecule has 1 aliphatic rings. The number of ether oxygens (including phenoxy) is 1. The molecule has 2 heterocycles. The molecule has 0 bridgehead atoms. The third kappa shape index (κ3) is 2.72. The molecule has 0 aliphatic carbocycles. The predicted octanol–water partition coefficient (Wildman–Crippen LogP) is 0.436. The Bertz CT molecular complexity index is 664. The highest BCUT2D eigenvalue weighted by Crippen LogP contribution is 2.30. The van der Waals surface area contributed by atoms with Gasteiger partial charge in [-0.1, -0.05) is 12.1 Å². The molecule has 0 saturated carbocycles. The molecule has 0 spiro atoms. The van der Waals surface area contributed by atoms with Crippen molar-refractivity contribution in [1.82, 2.24) is 4.98 Å². The summed E-state index contributed by atoms with van der Waals surface area (Å²) in [4.78, 5) is 16.7. The number of aliphatic hydroxyl groups excluding tert-OH is 1. The number of aromatic nitrogens is 1. The van der Waals surface area contributed by atoms with Crippen LogP contribution in [-0.2, 0) is 16.0 Å². The minimum atomic E-state index is -1.23. The van der Waals surface area contributed by atoms with Crippen molar-refractivity contribution in [2.45, 2.75) is 12.0 Å². The van der Waals surface area contributed by atoms with E-state index in [1.165, 1.54) is 0 Å². The smallest absolute Gasteiger partial charge is 0.142 e. The summed E-state index contributed by atoms with van der Waals surface area (Å²) < 4.78 is 5.40. The molecule has 1 atom stereocenters. The second-order valence-electron chi connectivity index (χ2n) is 5.80. The van der Waals surface area contributed by atoms with Crippen LogP contribution < -0.4 is 10.6 Å². The molecule has 118 valence electrons. The molecular weight excluding hydrogens is 282 g/mol. The molecule has 2 aromatic rings. The van der Waals surface area contributed by atoms with Crippen LogP contribution >= 0.6 is 0 Å². The van der Waals surface area contributed by atoms with Gasteiger partial charge in [0.05, 0.1) is 36.6 Å². The van der Waals surface area contributed by atoms with Crippen molar-refractivity contribution in [3.8, 4) is 0 Å². The molecule has 1 saturated heterocycles. The number of fused-ring (bicyclic) bond motifs is 1. The lowest BCUT2D eigenvalue weighted by Gasteiger charge is -2.29. The van der Waals surface area contributed by atoms with Gasteiger partial charge in [-0.05, 0) is 11.6 Å². The number of anilines is 1. The van der Waals surface area contributed by atoms with E-state index in [4.69, 9.17) is 10.5 Å². The Morgan fingerprint density at radius 2 is 2.18 bits per heavy atom. The molecule has 1 aromatic carbocycles. The van der Waals surface area contributed by atoms with E-state index in [1.54, 1.807) is 0 Å². The molecule has 0 amide bonds. The Morgan fingerprint density at radius 3 is 2.86 bits per heavy atom. The Kier molecular flexibility index (Phi) is 4.15. The molecule has 1 aromatic heterocycles. The second kappa shape index (κ2) is 6.08. The number of rotatable bonds is 5. The van der Waals surface area contributed by atoms with Crippen LogP contribution in [0.4, 0.5) is 5.69 Å². The van der Waals surface area contributed by atoms with Gasteiger partial charge in [-0.2, -0.15) is 0 Å². The quantitative estimate of drug-likeness (QED) is 0.697. The normalized spacial score (nSPS) is 18.4. The Morgan fingerprint density at radius 1 is 1.41 bits per heavy atom. The Labute approximate surface area is 128 Å². The van der Waals surface area contributed by atoms with Gasteiger partial charge in [0.15, 0.2) is 0 Å². The van der Waals surface area contributed by atoms with Crippen molar-refractivity contribution in [2.75, 3.05) is 37.8 Å². The molecule has 3 rings (SSSR count). The zero-order valence-electron chi connectivity index (χ0n) is 12.4. The molecule has 6 nitrogen and oxygen atoms in total. The Balaban J connectivity index is 1.96. The van der Waals surface area contributed by atoms with Crippen LogP contribution in [-0.4, -0.2) is 54.8 Å². The van der Waals surface area contributed by atoms with Gasteiger partial charge in [0.2, 0.25) is 0 Å². The maximum absolute atomic E-state index is 11.1. The number of carbonyl (C=O) groups is 1. The molecule has 1 aliphatic heterocycles. The summed E-state index contributed by atoms with van der Waals surface area (Å²) in [6, 6.07) is 6.09. The van der Waals surface area contributed by atoms with Crippen LogP contribution in [0.5, 0.6) is 0 Å². The first-order valence-electron chi connectivity index (χ1n) is 7.44. The largest absolute Gasteiger partial charge is 0.394 e. The van der Waals surface area contributed by atoms with Crippen molar-refractivity contribution >= 4 is 22.9 Å². The number of nitrogens with two attached hydrogens (primary N) is 1. The van der Waals surface area contributed by atoms with Gasteiger partial charge in [0, 0.05) is 31.1 Å². The van der Waals surface area contributed by atoms with Crippen LogP contribution in [0.15, 0.2) is 24.4 Å². The summed E-state index contributed by atoms with van der Waals surface area (Å²) in [5.41, 5.74) is 7.77. The summed E-state index contributed by atoms with van der Waals surface area (Å²) in [6.07, 6.45) is 2.80. The fourth-order valence-corrected chi connectivity index (χ4v) is 2.90. The van der Waals surface area contributed by atoms with E-state index in [1.807, 2.05) is 18.3 Å². The van der Waals surface area contributed by atoms with E-state index in [0.717, 1.165) is 48.5 Å². The lowest BCUT2D eigenvalue weighted by molar-refractivity contribution is -0.113. The monoisotopic (exact) mass is 303 g/mol. The fraction of sp³-hybridized carbons (Fsp3) is 0.438. The third-order valence-electron chi connectivity index (χ3n) is 4.18. The van der Waals surface area contributed by atoms with E-state index in [9.17, 15) is 9.90 Å². The van der Waals surface area contributed by atoms with E-state index in [2.05, 4.69) is 16.0 Å². The average molecular weight is 303 g/mol. The number of carbonyl (C=O) groups excluding carboxylic acids is 1. The predicted molar refractivity (Wildman–Crippen MR) is 85.1 cm³/mol. The van der Waals surface area contributed by atoms with Crippen LogP contribution in [0.1, 0.15) is 5.56 Å². The SMILES string of the molecule is N[C@@](C=O)(CO)Cc1c[nH]c2c(N3CCOCC3)cccc12. The van der Waals surface area contributed by atoms with Crippen LogP contribution in [0, 0.1) is 0 Å². The lowest BCUT2D eigenvalue weighted by Crippen LogP contribution is -2.47. The molecular formula is C16H21N3O3. The molecule has 1 fully saturated rings. The molecule has 6 heteroatoms. The minimum absolute atomic E-state index is 0.305. The molecule has 22 heavy (non-hydrogen) atoms. The van der Waals surface area contributed by atoms with Crippen LogP contribution in [0.25, 0.3) is 10.9 Å². The fourth-order valence-electron chi connectivity index (χ4n) is 2.90. The number of morpholine rings is 1. The van der Waals surface area contributed by atoms with Gasteiger partial charge in [0.1, 0.15) is 6.29 Å². The van der Waals surface area contributed by atoms with E-state index in [-0.39, 0.29) is 6.61 Å². The maximum atomic E-state index is 11.1. The highest BCUT2D eigenvalue weighted by molar-refractivity contribution is 5.94. The van der Waals surface area contributed by atoms with E-state index < -0.39 is 5.54 Å². The van der Waals surface area contributed by atoms with Crippen LogP contribution in [0.3, 0.4) is 0 Å². The van der Waals surface area contributed by atoms with Gasteiger partial charge in [-0.15, -0.1) is 0 Å². The highest BCUT2D eigenvalue weighted by atomic mass is 16.5.